The Labute approximate surface area is 249 Å². The van der Waals surface area contributed by atoms with Crippen LogP contribution in [0.3, 0.4) is 0 Å². The molecule has 0 saturated heterocycles. The maximum absolute atomic E-state index is 5.06. The highest BCUT2D eigenvalue weighted by Crippen LogP contribution is 2.56. The largest absolute Gasteiger partial charge is 0.292 e. The molecule has 0 radical (unpaired) electrons. The molecule has 1 saturated carbocycles. The van der Waals surface area contributed by atoms with Crippen molar-refractivity contribution in [3.63, 3.8) is 0 Å². The van der Waals surface area contributed by atoms with E-state index >= 15 is 0 Å². The summed E-state index contributed by atoms with van der Waals surface area (Å²) in [6.07, 6.45) is 7.72. The van der Waals surface area contributed by atoms with Crippen LogP contribution in [0.25, 0.3) is 50.4 Å². The number of halogens is 1. The van der Waals surface area contributed by atoms with Crippen LogP contribution in [0, 0.1) is 0 Å². The summed E-state index contributed by atoms with van der Waals surface area (Å²) in [7, 11) is 0. The lowest BCUT2D eigenvalue weighted by Gasteiger charge is -2.31. The molecule has 5 aromatic carbocycles. The second-order valence-electron chi connectivity index (χ2n) is 11.6. The summed E-state index contributed by atoms with van der Waals surface area (Å²) in [4.78, 5) is 5.06. The highest BCUT2D eigenvalue weighted by atomic mass is 79.9. The van der Waals surface area contributed by atoms with Gasteiger partial charge in [0.05, 0.1) is 11.0 Å². The molecule has 3 heteroatoms. The lowest BCUT2D eigenvalue weighted by molar-refractivity contribution is 0.456. The van der Waals surface area contributed by atoms with Gasteiger partial charge in [-0.05, 0) is 88.7 Å². The maximum Gasteiger partial charge on any atom is 0.145 e. The van der Waals surface area contributed by atoms with Gasteiger partial charge < -0.3 is 0 Å². The van der Waals surface area contributed by atoms with Gasteiger partial charge in [-0.3, -0.25) is 4.57 Å². The minimum atomic E-state index is 0.111. The molecule has 0 amide bonds. The third-order valence-electron chi connectivity index (χ3n) is 9.31. The highest BCUT2D eigenvalue weighted by Gasteiger charge is 2.43. The van der Waals surface area contributed by atoms with Crippen molar-refractivity contribution < 1.29 is 0 Å². The van der Waals surface area contributed by atoms with Gasteiger partial charge in [-0.1, -0.05) is 114 Å². The molecule has 200 valence electrons. The van der Waals surface area contributed by atoms with Crippen LogP contribution >= 0.6 is 15.9 Å². The van der Waals surface area contributed by atoms with Crippen LogP contribution in [0.1, 0.15) is 49.7 Å². The van der Waals surface area contributed by atoms with E-state index in [4.69, 9.17) is 4.98 Å². The molecule has 1 aromatic heterocycles. The minimum Gasteiger partial charge on any atom is -0.292 e. The molecule has 2 aliphatic rings. The number of hydrogen-bond donors (Lipinski definition) is 0. The van der Waals surface area contributed by atoms with Gasteiger partial charge in [0.15, 0.2) is 0 Å². The molecule has 6 aromatic rings. The molecule has 0 atom stereocenters. The molecule has 0 N–H and O–H groups in total. The van der Waals surface area contributed by atoms with Gasteiger partial charge in [-0.2, -0.15) is 0 Å². The molecule has 2 nitrogen and oxygen atoms in total. The first kappa shape index (κ1) is 24.8. The van der Waals surface area contributed by atoms with Crippen molar-refractivity contribution >= 4 is 27.0 Å². The van der Waals surface area contributed by atoms with E-state index in [2.05, 4.69) is 136 Å². The smallest absolute Gasteiger partial charge is 0.145 e. The predicted molar refractivity (Wildman–Crippen MR) is 174 cm³/mol. The topological polar surface area (TPSA) is 17.8 Å². The number of rotatable bonds is 3. The van der Waals surface area contributed by atoms with E-state index < -0.39 is 0 Å². The summed E-state index contributed by atoms with van der Waals surface area (Å²) in [6, 6.07) is 42.1. The standard InChI is InChI=1S/C38H31BrN2/c39-29-18-20-32-31-19-17-28(24-33(31)38(34(32)25-29)21-8-1-2-9-22-38)27-13-10-14-30(23-27)41-36-16-7-6-15-35(36)40-37(41)26-11-4-3-5-12-26/h3-7,10-20,23-25H,1-2,8-9,21-22H2. The molecule has 1 spiro atoms. The summed E-state index contributed by atoms with van der Waals surface area (Å²) in [5.41, 5.74) is 12.9. The maximum atomic E-state index is 5.06. The molecule has 1 heterocycles. The summed E-state index contributed by atoms with van der Waals surface area (Å²) in [6.45, 7) is 0. The second-order valence-corrected chi connectivity index (χ2v) is 12.5. The number of nitrogens with zero attached hydrogens (tertiary/aromatic N) is 2. The Morgan fingerprint density at radius 1 is 0.585 bits per heavy atom. The summed E-state index contributed by atoms with van der Waals surface area (Å²) >= 11 is 3.79. The van der Waals surface area contributed by atoms with Crippen molar-refractivity contribution in [2.24, 2.45) is 0 Å². The SMILES string of the molecule is Brc1ccc2c(c1)C1(CCCCCC1)c1cc(-c3cccc(-n4c(-c5ccccc5)nc5ccccc54)c3)ccc1-2. The summed E-state index contributed by atoms with van der Waals surface area (Å²) in [5, 5.41) is 0. The first-order valence-corrected chi connectivity index (χ1v) is 15.6. The van der Waals surface area contributed by atoms with Crippen molar-refractivity contribution in [3.05, 3.63) is 131 Å². The van der Waals surface area contributed by atoms with E-state index in [1.165, 1.54) is 76.4 Å². The Bertz CT molecular complexity index is 1910. The number of aromatic nitrogens is 2. The van der Waals surface area contributed by atoms with E-state index in [0.29, 0.717) is 0 Å². The van der Waals surface area contributed by atoms with Crippen molar-refractivity contribution in [2.45, 2.75) is 43.9 Å². The van der Waals surface area contributed by atoms with Gasteiger partial charge in [0.1, 0.15) is 5.82 Å². The fourth-order valence-corrected chi connectivity index (χ4v) is 7.77. The molecule has 0 aliphatic heterocycles. The van der Waals surface area contributed by atoms with Crippen LogP contribution in [0.5, 0.6) is 0 Å². The summed E-state index contributed by atoms with van der Waals surface area (Å²) < 4.78 is 3.49. The Balaban J connectivity index is 1.28. The van der Waals surface area contributed by atoms with Gasteiger partial charge in [-0.15, -0.1) is 0 Å². The quantitative estimate of drug-likeness (QED) is 0.199. The monoisotopic (exact) mass is 594 g/mol. The van der Waals surface area contributed by atoms with Gasteiger partial charge >= 0.3 is 0 Å². The average molecular weight is 596 g/mol. The number of hydrogen-bond acceptors (Lipinski definition) is 1. The molecule has 0 unspecified atom stereocenters. The molecule has 0 bridgehead atoms. The Hall–Kier alpha value is -3.95. The molecule has 8 rings (SSSR count). The number of fused-ring (bicyclic) bond motifs is 6. The van der Waals surface area contributed by atoms with Gasteiger partial charge in [0.25, 0.3) is 0 Å². The van der Waals surface area contributed by atoms with Gasteiger partial charge in [0, 0.05) is 21.1 Å². The van der Waals surface area contributed by atoms with Crippen molar-refractivity contribution in [3.8, 4) is 39.3 Å². The van der Waals surface area contributed by atoms with Crippen molar-refractivity contribution in [1.82, 2.24) is 9.55 Å². The zero-order valence-corrected chi connectivity index (χ0v) is 24.6. The first-order valence-electron chi connectivity index (χ1n) is 14.8. The average Bonchev–Trinajstić information content (AvgIpc) is 3.40. The first-order chi connectivity index (χ1) is 20.2. The van der Waals surface area contributed by atoms with Crippen LogP contribution in [0.15, 0.2) is 120 Å². The Morgan fingerprint density at radius 3 is 2.10 bits per heavy atom. The van der Waals surface area contributed by atoms with Gasteiger partial charge in [0.2, 0.25) is 0 Å². The van der Waals surface area contributed by atoms with Crippen LogP contribution in [0.2, 0.25) is 0 Å². The normalized spacial score (nSPS) is 15.5. The lowest BCUT2D eigenvalue weighted by atomic mass is 9.72. The molecular weight excluding hydrogens is 564 g/mol. The lowest BCUT2D eigenvalue weighted by Crippen LogP contribution is -2.24. The fourth-order valence-electron chi connectivity index (χ4n) is 7.41. The zero-order chi connectivity index (χ0) is 27.4. The zero-order valence-electron chi connectivity index (χ0n) is 23.0. The predicted octanol–water partition coefficient (Wildman–Crippen LogP) is 10.7. The van der Waals surface area contributed by atoms with Crippen LogP contribution < -0.4 is 0 Å². The van der Waals surface area contributed by atoms with Crippen LogP contribution in [-0.4, -0.2) is 9.55 Å². The van der Waals surface area contributed by atoms with Crippen molar-refractivity contribution in [2.75, 3.05) is 0 Å². The molecule has 2 aliphatic carbocycles. The minimum absolute atomic E-state index is 0.111. The third-order valence-corrected chi connectivity index (χ3v) is 9.80. The van der Waals surface area contributed by atoms with Crippen molar-refractivity contribution in [1.29, 1.82) is 0 Å². The summed E-state index contributed by atoms with van der Waals surface area (Å²) in [5.74, 6) is 0.969. The van der Waals surface area contributed by atoms with Crippen LogP contribution in [0.4, 0.5) is 0 Å². The van der Waals surface area contributed by atoms with Crippen LogP contribution in [-0.2, 0) is 5.41 Å². The molecule has 41 heavy (non-hydrogen) atoms. The van der Waals surface area contributed by atoms with E-state index in [-0.39, 0.29) is 5.41 Å². The number of imidazole rings is 1. The third kappa shape index (κ3) is 4.01. The van der Waals surface area contributed by atoms with E-state index in [1.807, 2.05) is 0 Å². The Morgan fingerprint density at radius 2 is 1.27 bits per heavy atom. The van der Waals surface area contributed by atoms with Gasteiger partial charge in [-0.25, -0.2) is 4.98 Å². The van der Waals surface area contributed by atoms with E-state index in [0.717, 1.165) is 28.1 Å². The number of para-hydroxylation sites is 2. The van der Waals surface area contributed by atoms with E-state index in [9.17, 15) is 0 Å². The van der Waals surface area contributed by atoms with E-state index in [1.54, 1.807) is 0 Å². The Kier molecular flexibility index (Phi) is 5.96. The fraction of sp³-hybridized carbons (Fsp3) is 0.184. The second kappa shape index (κ2) is 9.85. The highest BCUT2D eigenvalue weighted by molar-refractivity contribution is 9.10. The number of benzene rings is 5. The molecular formula is C38H31BrN2. The molecule has 1 fully saturated rings.